The Bertz CT molecular complexity index is 855. The lowest BCUT2D eigenvalue weighted by Gasteiger charge is -2.40. The molecule has 2 aliphatic rings. The van der Waals surface area contributed by atoms with Gasteiger partial charge in [-0.1, -0.05) is 42.5 Å². The fourth-order valence-electron chi connectivity index (χ4n) is 4.64. The summed E-state index contributed by atoms with van der Waals surface area (Å²) in [5.41, 5.74) is 1.18. The second kappa shape index (κ2) is 10.4. The van der Waals surface area contributed by atoms with Crippen LogP contribution in [-0.2, 0) is 26.3 Å². The fraction of sp³-hybridized carbons (Fsp3) is 0.480. The van der Waals surface area contributed by atoms with E-state index < -0.39 is 5.41 Å². The molecule has 0 bridgehead atoms. The van der Waals surface area contributed by atoms with Gasteiger partial charge in [0.1, 0.15) is 5.82 Å². The van der Waals surface area contributed by atoms with Crippen LogP contribution in [0.15, 0.2) is 54.6 Å². The number of ether oxygens (including phenoxy) is 2. The van der Waals surface area contributed by atoms with Crippen LogP contribution in [0.3, 0.4) is 0 Å². The van der Waals surface area contributed by atoms with Crippen molar-refractivity contribution in [3.8, 4) is 0 Å². The smallest absolute Gasteiger partial charge is 0.233 e. The van der Waals surface area contributed by atoms with Crippen LogP contribution in [0.25, 0.3) is 0 Å². The van der Waals surface area contributed by atoms with E-state index in [2.05, 4.69) is 17.4 Å². The molecule has 0 unspecified atom stereocenters. The molecule has 166 valence electrons. The Morgan fingerprint density at radius 3 is 2.74 bits per heavy atom. The number of nitrogens with one attached hydrogen (secondary N) is 1. The van der Waals surface area contributed by atoms with Crippen molar-refractivity contribution < 1.29 is 18.7 Å². The first-order chi connectivity index (χ1) is 15.2. The molecule has 0 aliphatic carbocycles. The Hall–Kier alpha value is -2.28. The lowest BCUT2D eigenvalue weighted by atomic mass is 9.72. The summed E-state index contributed by atoms with van der Waals surface area (Å²) in [6.45, 7) is 5.02. The second-order valence-electron chi connectivity index (χ2n) is 8.53. The van der Waals surface area contributed by atoms with Crippen molar-refractivity contribution in [2.45, 2.75) is 24.9 Å². The van der Waals surface area contributed by atoms with Crippen molar-refractivity contribution in [2.24, 2.45) is 5.92 Å². The standard InChI is InChI=1S/C25H31FN2O3/c26-23-8-4-7-22(15-23)25(9-13-30-14-10-25)24(29)28-12-11-27-16-21(17-28)19-31-18-20-5-2-1-3-6-20/h1-8,15,21,27H,9-14,16-19H2/t21-/m0/s1. The zero-order chi connectivity index (χ0) is 21.5. The van der Waals surface area contributed by atoms with Gasteiger partial charge < -0.3 is 19.7 Å². The summed E-state index contributed by atoms with van der Waals surface area (Å²) in [6.07, 6.45) is 1.16. The van der Waals surface area contributed by atoms with Gasteiger partial charge in [0.25, 0.3) is 0 Å². The number of carbonyl (C=O) groups is 1. The van der Waals surface area contributed by atoms with Gasteiger partial charge in [0.2, 0.25) is 5.91 Å². The number of hydrogen-bond acceptors (Lipinski definition) is 4. The van der Waals surface area contributed by atoms with E-state index in [1.54, 1.807) is 6.07 Å². The van der Waals surface area contributed by atoms with Crippen molar-refractivity contribution in [2.75, 3.05) is 46.0 Å². The third kappa shape index (κ3) is 5.32. The van der Waals surface area contributed by atoms with Gasteiger partial charge >= 0.3 is 0 Å². The Morgan fingerprint density at radius 2 is 1.97 bits per heavy atom. The van der Waals surface area contributed by atoms with Gasteiger partial charge in [-0.15, -0.1) is 0 Å². The maximum atomic E-state index is 14.0. The van der Waals surface area contributed by atoms with Crippen molar-refractivity contribution in [3.63, 3.8) is 0 Å². The molecule has 2 aromatic rings. The summed E-state index contributed by atoms with van der Waals surface area (Å²) in [5.74, 6) is -0.0152. The average Bonchev–Trinajstić information content (AvgIpc) is 3.05. The number of nitrogens with zero attached hydrogens (tertiary/aromatic N) is 1. The SMILES string of the molecule is O=C(N1CCNC[C@H](COCc2ccccc2)C1)C1(c2cccc(F)c2)CCOCC1. The molecule has 0 spiro atoms. The van der Waals surface area contributed by atoms with E-state index in [1.807, 2.05) is 29.2 Å². The normalized spacial score (nSPS) is 21.5. The topological polar surface area (TPSA) is 50.8 Å². The highest BCUT2D eigenvalue weighted by molar-refractivity contribution is 5.88. The predicted octanol–water partition coefficient (Wildman–Crippen LogP) is 3.14. The number of hydrogen-bond donors (Lipinski definition) is 1. The average molecular weight is 427 g/mol. The second-order valence-corrected chi connectivity index (χ2v) is 8.53. The van der Waals surface area contributed by atoms with E-state index in [4.69, 9.17) is 9.47 Å². The molecule has 6 heteroatoms. The predicted molar refractivity (Wildman–Crippen MR) is 117 cm³/mol. The molecule has 2 fully saturated rings. The van der Waals surface area contributed by atoms with Crippen molar-refractivity contribution >= 4 is 5.91 Å². The lowest BCUT2D eigenvalue weighted by Crippen LogP contribution is -2.51. The van der Waals surface area contributed by atoms with Gasteiger partial charge in [0, 0.05) is 45.3 Å². The van der Waals surface area contributed by atoms with E-state index >= 15 is 0 Å². The molecular weight excluding hydrogens is 395 g/mol. The van der Waals surface area contributed by atoms with Gasteiger partial charge in [-0.05, 0) is 36.1 Å². The molecular formula is C25H31FN2O3. The molecule has 4 rings (SSSR count). The van der Waals surface area contributed by atoms with Crippen molar-refractivity contribution in [3.05, 3.63) is 71.5 Å². The van der Waals surface area contributed by atoms with Crippen LogP contribution >= 0.6 is 0 Å². The minimum atomic E-state index is -0.722. The maximum Gasteiger partial charge on any atom is 0.233 e. The Labute approximate surface area is 183 Å². The van der Waals surface area contributed by atoms with Gasteiger partial charge in [-0.25, -0.2) is 4.39 Å². The van der Waals surface area contributed by atoms with E-state index in [0.717, 1.165) is 24.2 Å². The fourth-order valence-corrected chi connectivity index (χ4v) is 4.64. The van der Waals surface area contributed by atoms with Crippen LogP contribution in [0.2, 0.25) is 0 Å². The van der Waals surface area contributed by atoms with Crippen LogP contribution < -0.4 is 5.32 Å². The zero-order valence-electron chi connectivity index (χ0n) is 17.9. The Kier molecular flexibility index (Phi) is 7.33. The molecule has 1 amide bonds. The first-order valence-corrected chi connectivity index (χ1v) is 11.1. The summed E-state index contributed by atoms with van der Waals surface area (Å²) in [5, 5.41) is 3.44. The summed E-state index contributed by atoms with van der Waals surface area (Å²) in [4.78, 5) is 15.8. The minimum Gasteiger partial charge on any atom is -0.381 e. The van der Waals surface area contributed by atoms with Gasteiger partial charge in [0.05, 0.1) is 18.6 Å². The van der Waals surface area contributed by atoms with Crippen LogP contribution in [-0.4, -0.2) is 56.8 Å². The molecule has 2 aliphatic heterocycles. The van der Waals surface area contributed by atoms with E-state index in [1.165, 1.54) is 12.1 Å². The Morgan fingerprint density at radius 1 is 1.16 bits per heavy atom. The molecule has 0 saturated carbocycles. The molecule has 2 heterocycles. The van der Waals surface area contributed by atoms with Crippen molar-refractivity contribution in [1.82, 2.24) is 10.2 Å². The van der Waals surface area contributed by atoms with Gasteiger partial charge in [-0.2, -0.15) is 0 Å². The molecule has 0 radical (unpaired) electrons. The molecule has 1 N–H and O–H groups in total. The van der Waals surface area contributed by atoms with Crippen molar-refractivity contribution in [1.29, 1.82) is 0 Å². The third-order valence-corrected chi connectivity index (χ3v) is 6.36. The van der Waals surface area contributed by atoms with Crippen LogP contribution in [0.5, 0.6) is 0 Å². The minimum absolute atomic E-state index is 0.0816. The lowest BCUT2D eigenvalue weighted by molar-refractivity contribution is -0.142. The third-order valence-electron chi connectivity index (χ3n) is 6.36. The van der Waals surface area contributed by atoms with Crippen LogP contribution in [0.1, 0.15) is 24.0 Å². The van der Waals surface area contributed by atoms with E-state index in [9.17, 15) is 9.18 Å². The number of amides is 1. The zero-order valence-corrected chi connectivity index (χ0v) is 17.9. The monoisotopic (exact) mass is 426 g/mol. The largest absolute Gasteiger partial charge is 0.381 e. The molecule has 2 saturated heterocycles. The van der Waals surface area contributed by atoms with E-state index in [-0.39, 0.29) is 17.6 Å². The van der Waals surface area contributed by atoms with Crippen LogP contribution in [0, 0.1) is 11.7 Å². The molecule has 31 heavy (non-hydrogen) atoms. The molecule has 5 nitrogen and oxygen atoms in total. The molecule has 2 aromatic carbocycles. The number of rotatable bonds is 6. The van der Waals surface area contributed by atoms with Crippen LogP contribution in [0.4, 0.5) is 4.39 Å². The summed E-state index contributed by atoms with van der Waals surface area (Å²) < 4.78 is 25.5. The Balaban J connectivity index is 1.46. The highest BCUT2D eigenvalue weighted by Crippen LogP contribution is 2.37. The first kappa shape index (κ1) is 21.9. The maximum absolute atomic E-state index is 14.0. The molecule has 0 aromatic heterocycles. The summed E-state index contributed by atoms with van der Waals surface area (Å²) in [7, 11) is 0. The molecule has 1 atom stereocenters. The first-order valence-electron chi connectivity index (χ1n) is 11.1. The number of halogens is 1. The van der Waals surface area contributed by atoms with E-state index in [0.29, 0.717) is 52.4 Å². The summed E-state index contributed by atoms with van der Waals surface area (Å²) >= 11 is 0. The highest BCUT2D eigenvalue weighted by atomic mass is 19.1. The highest BCUT2D eigenvalue weighted by Gasteiger charge is 2.44. The van der Waals surface area contributed by atoms with Gasteiger partial charge in [0.15, 0.2) is 0 Å². The van der Waals surface area contributed by atoms with Gasteiger partial charge in [-0.3, -0.25) is 4.79 Å². The summed E-state index contributed by atoms with van der Waals surface area (Å²) in [6, 6.07) is 16.6. The number of carbonyl (C=O) groups excluding carboxylic acids is 1. The number of benzene rings is 2. The quantitative estimate of drug-likeness (QED) is 0.771.